The van der Waals surface area contributed by atoms with Gasteiger partial charge in [0.1, 0.15) is 10.7 Å². The van der Waals surface area contributed by atoms with Crippen LogP contribution in [0, 0.1) is 5.82 Å². The van der Waals surface area contributed by atoms with E-state index in [1.54, 1.807) is 47.5 Å². The number of carbonyl (C=O) groups excluding carboxylic acids is 1. The molecule has 1 N–H and O–H groups in total. The maximum Gasteiger partial charge on any atom is 0.262 e. The lowest BCUT2D eigenvalue weighted by molar-refractivity contribution is 0.0743. The SMILES string of the molecule is O=C(c1ccccc1S(=O)(=O)Nc1cccnc1)N1CCN(c2ccc(F)cc2)CC1. The minimum absolute atomic E-state index is 0.0789. The molecule has 0 bridgehead atoms. The quantitative estimate of drug-likeness (QED) is 0.660. The molecular weight excluding hydrogens is 419 g/mol. The normalized spacial score (nSPS) is 14.4. The molecular formula is C22H21FN4O3S. The number of hydrogen-bond donors (Lipinski definition) is 1. The molecule has 7 nitrogen and oxygen atoms in total. The molecule has 1 saturated heterocycles. The topological polar surface area (TPSA) is 82.6 Å². The highest BCUT2D eigenvalue weighted by Gasteiger charge is 2.28. The number of piperazine rings is 1. The smallest absolute Gasteiger partial charge is 0.262 e. The largest absolute Gasteiger partial charge is 0.368 e. The maximum absolute atomic E-state index is 13.2. The highest BCUT2D eigenvalue weighted by Crippen LogP contribution is 2.22. The molecule has 160 valence electrons. The first-order valence-electron chi connectivity index (χ1n) is 9.76. The zero-order valence-electron chi connectivity index (χ0n) is 16.6. The number of halogens is 1. The highest BCUT2D eigenvalue weighted by molar-refractivity contribution is 7.92. The van der Waals surface area contributed by atoms with Crippen molar-refractivity contribution in [3.8, 4) is 0 Å². The van der Waals surface area contributed by atoms with Crippen LogP contribution >= 0.6 is 0 Å². The Morgan fingerprint density at radius 1 is 0.935 bits per heavy atom. The van der Waals surface area contributed by atoms with Crippen molar-refractivity contribution in [2.75, 3.05) is 35.8 Å². The minimum Gasteiger partial charge on any atom is -0.368 e. The average molecular weight is 441 g/mol. The minimum atomic E-state index is -3.97. The summed E-state index contributed by atoms with van der Waals surface area (Å²) in [4.78, 5) is 20.7. The molecule has 0 radical (unpaired) electrons. The number of aromatic nitrogens is 1. The number of amides is 1. The van der Waals surface area contributed by atoms with Gasteiger partial charge < -0.3 is 9.80 Å². The van der Waals surface area contributed by atoms with Crippen molar-refractivity contribution in [1.29, 1.82) is 0 Å². The van der Waals surface area contributed by atoms with Crippen LogP contribution in [0.4, 0.5) is 15.8 Å². The van der Waals surface area contributed by atoms with Gasteiger partial charge in [0.25, 0.3) is 15.9 Å². The second-order valence-electron chi connectivity index (χ2n) is 7.10. The third-order valence-electron chi connectivity index (χ3n) is 5.08. The predicted molar refractivity (Wildman–Crippen MR) is 116 cm³/mol. The summed E-state index contributed by atoms with van der Waals surface area (Å²) in [6.45, 7) is 2.00. The van der Waals surface area contributed by atoms with Crippen molar-refractivity contribution in [2.24, 2.45) is 0 Å². The molecule has 0 saturated carbocycles. The van der Waals surface area contributed by atoms with E-state index >= 15 is 0 Å². The van der Waals surface area contributed by atoms with E-state index < -0.39 is 10.0 Å². The van der Waals surface area contributed by atoms with E-state index in [9.17, 15) is 17.6 Å². The Morgan fingerprint density at radius 2 is 1.65 bits per heavy atom. The summed E-state index contributed by atoms with van der Waals surface area (Å²) in [6.07, 6.45) is 2.94. The number of anilines is 2. The maximum atomic E-state index is 13.2. The van der Waals surface area contributed by atoms with E-state index in [1.165, 1.54) is 30.5 Å². The van der Waals surface area contributed by atoms with Gasteiger partial charge in [-0.2, -0.15) is 0 Å². The van der Waals surface area contributed by atoms with Gasteiger partial charge in [0, 0.05) is 38.1 Å². The second kappa shape index (κ2) is 8.73. The van der Waals surface area contributed by atoms with Gasteiger partial charge in [-0.3, -0.25) is 14.5 Å². The summed E-state index contributed by atoms with van der Waals surface area (Å²) in [7, 11) is -3.97. The summed E-state index contributed by atoms with van der Waals surface area (Å²) in [6, 6.07) is 15.6. The number of sulfonamides is 1. The van der Waals surface area contributed by atoms with Crippen LogP contribution in [0.5, 0.6) is 0 Å². The average Bonchev–Trinajstić information content (AvgIpc) is 2.80. The lowest BCUT2D eigenvalue weighted by atomic mass is 10.1. The molecule has 3 aromatic rings. The lowest BCUT2D eigenvalue weighted by Crippen LogP contribution is -2.49. The summed E-state index contributed by atoms with van der Waals surface area (Å²) in [5.41, 5.74) is 1.32. The molecule has 0 aliphatic carbocycles. The standard InChI is InChI=1S/C22H21FN4O3S/c23-17-7-9-19(10-8-17)26-12-14-27(15-13-26)22(28)20-5-1-2-6-21(20)31(29,30)25-18-4-3-11-24-16-18/h1-11,16,25H,12-15H2. The Hall–Kier alpha value is -3.46. The summed E-state index contributed by atoms with van der Waals surface area (Å²) in [5, 5.41) is 0. The van der Waals surface area contributed by atoms with Gasteiger partial charge >= 0.3 is 0 Å². The number of benzene rings is 2. The molecule has 1 amide bonds. The van der Waals surface area contributed by atoms with Crippen LogP contribution in [0.3, 0.4) is 0 Å². The van der Waals surface area contributed by atoms with Gasteiger partial charge in [-0.05, 0) is 48.5 Å². The first-order chi connectivity index (χ1) is 14.9. The molecule has 0 unspecified atom stereocenters. The van der Waals surface area contributed by atoms with Gasteiger partial charge in [-0.15, -0.1) is 0 Å². The number of nitrogens with zero attached hydrogens (tertiary/aromatic N) is 3. The van der Waals surface area contributed by atoms with Crippen molar-refractivity contribution in [2.45, 2.75) is 4.90 Å². The van der Waals surface area contributed by atoms with Crippen LogP contribution in [0.2, 0.25) is 0 Å². The summed E-state index contributed by atoms with van der Waals surface area (Å²) in [5.74, 6) is -0.638. The highest BCUT2D eigenvalue weighted by atomic mass is 32.2. The van der Waals surface area contributed by atoms with Gasteiger partial charge in [-0.1, -0.05) is 12.1 Å². The predicted octanol–water partition coefficient (Wildman–Crippen LogP) is 2.98. The second-order valence-corrected chi connectivity index (χ2v) is 8.75. The van der Waals surface area contributed by atoms with Crippen LogP contribution in [0.25, 0.3) is 0 Å². The molecule has 0 spiro atoms. The summed E-state index contributed by atoms with van der Waals surface area (Å²) < 4.78 is 41.5. The zero-order valence-corrected chi connectivity index (χ0v) is 17.4. The van der Waals surface area contributed by atoms with E-state index in [-0.39, 0.29) is 22.2 Å². The van der Waals surface area contributed by atoms with Crippen molar-refractivity contribution < 1.29 is 17.6 Å². The zero-order chi connectivity index (χ0) is 21.8. The van der Waals surface area contributed by atoms with Gasteiger partial charge in [0.15, 0.2) is 0 Å². The van der Waals surface area contributed by atoms with Gasteiger partial charge in [-0.25, -0.2) is 12.8 Å². The molecule has 4 rings (SSSR count). The van der Waals surface area contributed by atoms with Crippen molar-refractivity contribution >= 4 is 27.3 Å². The van der Waals surface area contributed by atoms with E-state index in [2.05, 4.69) is 14.6 Å². The fourth-order valence-electron chi connectivity index (χ4n) is 3.50. The van der Waals surface area contributed by atoms with E-state index in [4.69, 9.17) is 0 Å². The monoisotopic (exact) mass is 440 g/mol. The third kappa shape index (κ3) is 4.66. The van der Waals surface area contributed by atoms with E-state index in [0.29, 0.717) is 31.9 Å². The molecule has 9 heteroatoms. The molecule has 0 atom stereocenters. The Kier molecular flexibility index (Phi) is 5.85. The Labute approximate surface area is 180 Å². The van der Waals surface area contributed by atoms with Crippen LogP contribution < -0.4 is 9.62 Å². The molecule has 1 aromatic heterocycles. The van der Waals surface area contributed by atoms with Crippen molar-refractivity contribution in [1.82, 2.24) is 9.88 Å². The fraction of sp³-hybridized carbons (Fsp3) is 0.182. The van der Waals surface area contributed by atoms with E-state index in [1.807, 2.05) is 0 Å². The Morgan fingerprint density at radius 3 is 2.32 bits per heavy atom. The van der Waals surface area contributed by atoms with Crippen LogP contribution in [-0.4, -0.2) is 50.4 Å². The Bertz CT molecular complexity index is 1160. The number of pyridine rings is 1. The van der Waals surface area contributed by atoms with Crippen molar-refractivity contribution in [3.63, 3.8) is 0 Å². The molecule has 1 aliphatic rings. The van der Waals surface area contributed by atoms with Gasteiger partial charge in [0.2, 0.25) is 0 Å². The molecule has 2 aromatic carbocycles. The molecule has 31 heavy (non-hydrogen) atoms. The lowest BCUT2D eigenvalue weighted by Gasteiger charge is -2.36. The number of rotatable bonds is 5. The summed E-state index contributed by atoms with van der Waals surface area (Å²) >= 11 is 0. The van der Waals surface area contributed by atoms with Crippen LogP contribution in [0.1, 0.15) is 10.4 Å². The molecule has 2 heterocycles. The third-order valence-corrected chi connectivity index (χ3v) is 6.52. The number of carbonyl (C=O) groups is 1. The first-order valence-corrected chi connectivity index (χ1v) is 11.2. The first kappa shape index (κ1) is 20.8. The van der Waals surface area contributed by atoms with Gasteiger partial charge in [0.05, 0.1) is 17.4 Å². The van der Waals surface area contributed by atoms with Crippen LogP contribution in [0.15, 0.2) is 78.0 Å². The number of hydrogen-bond acceptors (Lipinski definition) is 5. The molecule has 1 fully saturated rings. The molecule has 1 aliphatic heterocycles. The van der Waals surface area contributed by atoms with Crippen LogP contribution in [-0.2, 0) is 10.0 Å². The fourth-order valence-corrected chi connectivity index (χ4v) is 4.74. The van der Waals surface area contributed by atoms with Crippen molar-refractivity contribution in [3.05, 3.63) is 84.4 Å². The number of nitrogens with one attached hydrogen (secondary N) is 1. The van der Waals surface area contributed by atoms with E-state index in [0.717, 1.165) is 5.69 Å². The Balaban J connectivity index is 1.50.